The van der Waals surface area contributed by atoms with Crippen LogP contribution in [0.5, 0.6) is 0 Å². The number of carbonyl (C=O) groups is 1. The maximum Gasteiger partial charge on any atom is 0.248 e. The summed E-state index contributed by atoms with van der Waals surface area (Å²) in [6, 6.07) is 0.321. The third-order valence-electron chi connectivity index (χ3n) is 1.82. The van der Waals surface area contributed by atoms with Crippen LogP contribution >= 0.6 is 0 Å². The number of aliphatic hydroxyl groups excluding tert-OH is 1. The largest absolute Gasteiger partial charge is 0.384 e. The van der Waals surface area contributed by atoms with Gasteiger partial charge in [-0.05, 0) is 19.3 Å². The van der Waals surface area contributed by atoms with E-state index in [0.29, 0.717) is 12.0 Å². The highest BCUT2D eigenvalue weighted by Crippen LogP contribution is 2.28. The van der Waals surface area contributed by atoms with Crippen LogP contribution in [0.25, 0.3) is 0 Å². The molecule has 0 aliphatic heterocycles. The molecule has 3 atom stereocenters. The van der Waals surface area contributed by atoms with Gasteiger partial charge in [-0.3, -0.25) is 4.79 Å². The van der Waals surface area contributed by atoms with Gasteiger partial charge in [0.2, 0.25) is 5.91 Å². The van der Waals surface area contributed by atoms with Crippen LogP contribution in [-0.4, -0.2) is 23.2 Å². The molecule has 0 aromatic rings. The monoisotopic (exact) mass is 143 g/mol. The lowest BCUT2D eigenvalue weighted by atomic mass is 10.3. The molecule has 3 heteroatoms. The van der Waals surface area contributed by atoms with E-state index in [-0.39, 0.29) is 5.91 Å². The number of amides is 1. The Morgan fingerprint density at radius 3 is 2.60 bits per heavy atom. The van der Waals surface area contributed by atoms with Crippen LogP contribution in [0.2, 0.25) is 0 Å². The van der Waals surface area contributed by atoms with Gasteiger partial charge in [-0.1, -0.05) is 6.92 Å². The molecule has 1 aliphatic rings. The summed E-state index contributed by atoms with van der Waals surface area (Å²) < 4.78 is 0. The summed E-state index contributed by atoms with van der Waals surface area (Å²) in [6.45, 7) is 3.55. The summed E-state index contributed by atoms with van der Waals surface area (Å²) in [6.07, 6.45) is 0.186. The minimum absolute atomic E-state index is 0.255. The Labute approximate surface area is 60.4 Å². The van der Waals surface area contributed by atoms with Gasteiger partial charge in [-0.25, -0.2) is 0 Å². The van der Waals surface area contributed by atoms with Crippen molar-refractivity contribution in [2.45, 2.75) is 32.4 Å². The normalized spacial score (nSPS) is 33.1. The molecule has 0 spiro atoms. The molecular weight excluding hydrogens is 130 g/mol. The molecular formula is C7H13NO2. The van der Waals surface area contributed by atoms with Gasteiger partial charge in [0.25, 0.3) is 0 Å². The summed E-state index contributed by atoms with van der Waals surface area (Å²) in [5, 5.41) is 11.5. The Hall–Kier alpha value is -0.570. The van der Waals surface area contributed by atoms with Crippen LogP contribution in [0.15, 0.2) is 0 Å². The smallest absolute Gasteiger partial charge is 0.248 e. The van der Waals surface area contributed by atoms with Gasteiger partial charge in [0, 0.05) is 6.04 Å². The molecule has 58 valence electrons. The fourth-order valence-corrected chi connectivity index (χ4v) is 0.826. The molecule has 0 bridgehead atoms. The number of nitrogens with one attached hydrogen (secondary N) is 1. The zero-order valence-electron chi connectivity index (χ0n) is 6.29. The molecule has 0 saturated heterocycles. The van der Waals surface area contributed by atoms with Crippen molar-refractivity contribution in [3.05, 3.63) is 0 Å². The lowest BCUT2D eigenvalue weighted by molar-refractivity contribution is -0.128. The zero-order valence-corrected chi connectivity index (χ0v) is 6.29. The van der Waals surface area contributed by atoms with Crippen molar-refractivity contribution in [3.8, 4) is 0 Å². The Bertz CT molecular complexity index is 145. The van der Waals surface area contributed by atoms with E-state index in [1.165, 1.54) is 6.92 Å². The first kappa shape index (κ1) is 7.54. The predicted molar refractivity (Wildman–Crippen MR) is 37.4 cm³/mol. The summed E-state index contributed by atoms with van der Waals surface area (Å²) >= 11 is 0. The molecule has 1 amide bonds. The van der Waals surface area contributed by atoms with E-state index in [9.17, 15) is 4.79 Å². The van der Waals surface area contributed by atoms with Crippen molar-refractivity contribution in [2.24, 2.45) is 5.92 Å². The average molecular weight is 143 g/mol. The molecule has 0 radical (unpaired) electrons. The van der Waals surface area contributed by atoms with E-state index in [2.05, 4.69) is 12.2 Å². The van der Waals surface area contributed by atoms with E-state index in [1.54, 1.807) is 0 Å². The minimum Gasteiger partial charge on any atom is -0.384 e. The van der Waals surface area contributed by atoms with Gasteiger partial charge in [0.1, 0.15) is 6.10 Å². The number of hydrogen-bond acceptors (Lipinski definition) is 2. The van der Waals surface area contributed by atoms with Gasteiger partial charge in [0.15, 0.2) is 0 Å². The number of hydrogen-bond donors (Lipinski definition) is 2. The van der Waals surface area contributed by atoms with Crippen molar-refractivity contribution < 1.29 is 9.90 Å². The summed E-state index contributed by atoms with van der Waals surface area (Å²) in [7, 11) is 0. The number of carbonyl (C=O) groups excluding carboxylic acids is 1. The fraction of sp³-hybridized carbons (Fsp3) is 0.857. The minimum atomic E-state index is -0.868. The van der Waals surface area contributed by atoms with Gasteiger partial charge in [-0.15, -0.1) is 0 Å². The van der Waals surface area contributed by atoms with Crippen LogP contribution in [0.1, 0.15) is 20.3 Å². The number of aliphatic hydroxyl groups is 1. The van der Waals surface area contributed by atoms with E-state index in [0.717, 1.165) is 6.42 Å². The third kappa shape index (κ3) is 1.70. The predicted octanol–water partition coefficient (Wildman–Crippen LogP) is -0.108. The molecule has 0 heterocycles. The highest BCUT2D eigenvalue weighted by atomic mass is 16.3. The van der Waals surface area contributed by atoms with Crippen LogP contribution in [0.3, 0.4) is 0 Å². The second kappa shape index (κ2) is 2.58. The van der Waals surface area contributed by atoms with Gasteiger partial charge < -0.3 is 10.4 Å². The van der Waals surface area contributed by atoms with Crippen LogP contribution in [0.4, 0.5) is 0 Å². The molecule has 0 aromatic carbocycles. The van der Waals surface area contributed by atoms with Crippen LogP contribution < -0.4 is 5.32 Å². The Morgan fingerprint density at radius 1 is 1.80 bits per heavy atom. The summed E-state index contributed by atoms with van der Waals surface area (Å²) in [5.41, 5.74) is 0. The van der Waals surface area contributed by atoms with Gasteiger partial charge in [-0.2, -0.15) is 0 Å². The third-order valence-corrected chi connectivity index (χ3v) is 1.82. The standard InChI is InChI=1S/C7H13NO2/c1-4-3-6(4)8-7(10)5(2)9/h4-6,9H,3H2,1-2H3,(H,8,10). The summed E-state index contributed by atoms with van der Waals surface area (Å²) in [4.78, 5) is 10.8. The number of rotatable bonds is 2. The molecule has 2 N–H and O–H groups in total. The molecule has 10 heavy (non-hydrogen) atoms. The Balaban J connectivity index is 2.20. The van der Waals surface area contributed by atoms with E-state index < -0.39 is 6.10 Å². The van der Waals surface area contributed by atoms with E-state index >= 15 is 0 Å². The first-order valence-electron chi connectivity index (χ1n) is 3.59. The maximum absolute atomic E-state index is 10.8. The fourth-order valence-electron chi connectivity index (χ4n) is 0.826. The zero-order chi connectivity index (χ0) is 7.72. The van der Waals surface area contributed by atoms with Crippen molar-refractivity contribution in [2.75, 3.05) is 0 Å². The molecule has 0 aromatic heterocycles. The first-order valence-corrected chi connectivity index (χ1v) is 3.59. The SMILES string of the molecule is CC(O)C(=O)NC1CC1C. The lowest BCUT2D eigenvalue weighted by Crippen LogP contribution is -2.34. The molecule has 3 unspecified atom stereocenters. The van der Waals surface area contributed by atoms with Gasteiger partial charge in [0.05, 0.1) is 0 Å². The first-order chi connectivity index (χ1) is 4.61. The summed E-state index contributed by atoms with van der Waals surface area (Å²) in [5.74, 6) is 0.344. The molecule has 3 nitrogen and oxygen atoms in total. The second-order valence-electron chi connectivity index (χ2n) is 3.00. The quantitative estimate of drug-likeness (QED) is 0.566. The van der Waals surface area contributed by atoms with Crippen LogP contribution in [0, 0.1) is 5.92 Å². The van der Waals surface area contributed by atoms with Crippen molar-refractivity contribution in [3.63, 3.8) is 0 Å². The molecule has 1 fully saturated rings. The highest BCUT2D eigenvalue weighted by molar-refractivity contribution is 5.80. The Morgan fingerprint density at radius 2 is 2.30 bits per heavy atom. The highest BCUT2D eigenvalue weighted by Gasteiger charge is 2.34. The van der Waals surface area contributed by atoms with Crippen molar-refractivity contribution in [1.82, 2.24) is 5.32 Å². The van der Waals surface area contributed by atoms with Crippen molar-refractivity contribution in [1.29, 1.82) is 0 Å². The average Bonchev–Trinajstić information content (AvgIpc) is 2.46. The van der Waals surface area contributed by atoms with E-state index in [4.69, 9.17) is 5.11 Å². The second-order valence-corrected chi connectivity index (χ2v) is 3.00. The molecule has 1 saturated carbocycles. The van der Waals surface area contributed by atoms with Crippen LogP contribution in [-0.2, 0) is 4.79 Å². The van der Waals surface area contributed by atoms with E-state index in [1.807, 2.05) is 0 Å². The molecule has 1 aliphatic carbocycles. The molecule has 1 rings (SSSR count). The lowest BCUT2D eigenvalue weighted by Gasteiger charge is -2.04. The Kier molecular flexibility index (Phi) is 1.94. The topological polar surface area (TPSA) is 49.3 Å². The van der Waals surface area contributed by atoms with Gasteiger partial charge >= 0.3 is 0 Å². The maximum atomic E-state index is 10.8. The van der Waals surface area contributed by atoms with Crippen molar-refractivity contribution >= 4 is 5.91 Å².